The number of ether oxygens (including phenoxy) is 1. The normalized spacial score (nSPS) is 22.6. The van der Waals surface area contributed by atoms with Crippen LogP contribution < -0.4 is 0 Å². The number of nitrogens with zero attached hydrogens (tertiary/aromatic N) is 1. The Morgan fingerprint density at radius 1 is 1.46 bits per heavy atom. The molecule has 1 aliphatic rings. The van der Waals surface area contributed by atoms with Gasteiger partial charge in [0.25, 0.3) is 0 Å². The summed E-state index contributed by atoms with van der Waals surface area (Å²) in [6.07, 6.45) is 1.31. The molecule has 0 N–H and O–H groups in total. The molecule has 0 spiro atoms. The van der Waals surface area contributed by atoms with Gasteiger partial charge in [-0.25, -0.2) is 0 Å². The molecule has 0 saturated carbocycles. The Hall–Kier alpha value is 0.270. The van der Waals surface area contributed by atoms with E-state index >= 15 is 0 Å². The fourth-order valence-corrected chi connectivity index (χ4v) is 1.78. The van der Waals surface area contributed by atoms with Crippen molar-refractivity contribution in [2.75, 3.05) is 39.1 Å². The summed E-state index contributed by atoms with van der Waals surface area (Å²) in [5.74, 6) is 1.85. The first-order valence-corrected chi connectivity index (χ1v) is 5.82. The minimum atomic E-state index is 0.815. The summed E-state index contributed by atoms with van der Waals surface area (Å²) in [6, 6.07) is 0. The second kappa shape index (κ2) is 8.85. The van der Waals surface area contributed by atoms with Crippen LogP contribution in [-0.4, -0.2) is 44.0 Å². The van der Waals surface area contributed by atoms with E-state index in [9.17, 15) is 0 Å². The van der Waals surface area contributed by atoms with Crippen LogP contribution in [-0.2, 0) is 4.74 Å². The van der Waals surface area contributed by atoms with Crippen molar-refractivity contribution >= 4 is 12.6 Å². The minimum absolute atomic E-state index is 0.815. The highest BCUT2D eigenvalue weighted by molar-refractivity contribution is 7.80. The third kappa shape index (κ3) is 5.55. The van der Waals surface area contributed by atoms with Crippen molar-refractivity contribution in [1.29, 1.82) is 0 Å². The monoisotopic (exact) mass is 205 g/mol. The van der Waals surface area contributed by atoms with E-state index < -0.39 is 0 Å². The van der Waals surface area contributed by atoms with Gasteiger partial charge in [0.2, 0.25) is 0 Å². The van der Waals surface area contributed by atoms with Gasteiger partial charge in [0, 0.05) is 20.2 Å². The molecule has 0 amide bonds. The van der Waals surface area contributed by atoms with Crippen LogP contribution in [0.5, 0.6) is 0 Å². The smallest absolute Gasteiger partial charge is 0.0589 e. The average Bonchev–Trinajstić information content (AvgIpc) is 2.65. The SMILES string of the molecule is CC.COCCN1CCC(CS)C1. The molecule has 1 atom stereocenters. The number of hydrogen-bond acceptors (Lipinski definition) is 3. The van der Waals surface area contributed by atoms with E-state index in [4.69, 9.17) is 4.74 Å². The summed E-state index contributed by atoms with van der Waals surface area (Å²) >= 11 is 4.29. The molecule has 3 heteroatoms. The van der Waals surface area contributed by atoms with E-state index in [1.165, 1.54) is 19.5 Å². The van der Waals surface area contributed by atoms with Crippen LogP contribution in [0.1, 0.15) is 20.3 Å². The van der Waals surface area contributed by atoms with Gasteiger partial charge in [0.15, 0.2) is 0 Å². The Bertz CT molecular complexity index is 111. The van der Waals surface area contributed by atoms with E-state index in [1.54, 1.807) is 7.11 Å². The molecule has 2 nitrogen and oxygen atoms in total. The molecular formula is C10H23NOS. The summed E-state index contributed by atoms with van der Waals surface area (Å²) < 4.78 is 5.01. The first kappa shape index (κ1) is 13.3. The first-order valence-electron chi connectivity index (χ1n) is 5.19. The van der Waals surface area contributed by atoms with Crippen LogP contribution in [0.25, 0.3) is 0 Å². The lowest BCUT2D eigenvalue weighted by atomic mass is 10.2. The summed E-state index contributed by atoms with van der Waals surface area (Å²) in [7, 11) is 1.76. The van der Waals surface area contributed by atoms with Gasteiger partial charge in [-0.05, 0) is 24.6 Å². The van der Waals surface area contributed by atoms with Gasteiger partial charge >= 0.3 is 0 Å². The number of likely N-dealkylation sites (tertiary alicyclic amines) is 1. The Kier molecular flexibility index (Phi) is 9.03. The Morgan fingerprint density at radius 3 is 2.62 bits per heavy atom. The average molecular weight is 205 g/mol. The van der Waals surface area contributed by atoms with E-state index in [0.717, 1.165) is 24.8 Å². The summed E-state index contributed by atoms with van der Waals surface area (Å²) in [6.45, 7) is 8.39. The van der Waals surface area contributed by atoms with Gasteiger partial charge in [-0.2, -0.15) is 12.6 Å². The van der Waals surface area contributed by atoms with Crippen LogP contribution in [0, 0.1) is 5.92 Å². The van der Waals surface area contributed by atoms with Crippen molar-refractivity contribution < 1.29 is 4.74 Å². The van der Waals surface area contributed by atoms with Gasteiger partial charge < -0.3 is 9.64 Å². The lowest BCUT2D eigenvalue weighted by Crippen LogP contribution is -2.25. The van der Waals surface area contributed by atoms with Crippen molar-refractivity contribution in [1.82, 2.24) is 4.90 Å². The summed E-state index contributed by atoms with van der Waals surface area (Å²) in [4.78, 5) is 2.45. The molecule has 1 fully saturated rings. The maximum atomic E-state index is 5.01. The minimum Gasteiger partial charge on any atom is -0.383 e. The number of thiol groups is 1. The van der Waals surface area contributed by atoms with Crippen LogP contribution in [0.2, 0.25) is 0 Å². The predicted octanol–water partition coefficient (Wildman–Crippen LogP) is 1.91. The number of hydrogen-bond donors (Lipinski definition) is 1. The standard InChI is InChI=1S/C8H17NOS.C2H6/c1-10-5-4-9-3-2-8(6-9)7-11;1-2/h8,11H,2-7H2,1H3;1-2H3. The fraction of sp³-hybridized carbons (Fsp3) is 1.00. The van der Waals surface area contributed by atoms with E-state index in [2.05, 4.69) is 17.5 Å². The Labute approximate surface area is 88.1 Å². The zero-order valence-corrected chi connectivity index (χ0v) is 10.0. The molecular weight excluding hydrogens is 182 g/mol. The fourth-order valence-electron chi connectivity index (χ4n) is 1.49. The van der Waals surface area contributed by atoms with E-state index in [1.807, 2.05) is 13.8 Å². The van der Waals surface area contributed by atoms with Crippen LogP contribution in [0.4, 0.5) is 0 Å². The van der Waals surface area contributed by atoms with Gasteiger partial charge in [0.1, 0.15) is 0 Å². The molecule has 1 unspecified atom stereocenters. The van der Waals surface area contributed by atoms with Crippen molar-refractivity contribution in [3.63, 3.8) is 0 Å². The zero-order chi connectivity index (χ0) is 10.1. The summed E-state index contributed by atoms with van der Waals surface area (Å²) in [5, 5.41) is 0. The van der Waals surface area contributed by atoms with Gasteiger partial charge in [-0.15, -0.1) is 0 Å². The molecule has 13 heavy (non-hydrogen) atoms. The maximum Gasteiger partial charge on any atom is 0.0589 e. The third-order valence-corrected chi connectivity index (χ3v) is 2.76. The molecule has 1 rings (SSSR count). The molecule has 0 radical (unpaired) electrons. The van der Waals surface area contributed by atoms with Crippen molar-refractivity contribution in [3.8, 4) is 0 Å². The molecule has 0 aromatic carbocycles. The maximum absolute atomic E-state index is 5.01. The molecule has 0 aromatic heterocycles. The third-order valence-electron chi connectivity index (χ3n) is 2.24. The highest BCUT2D eigenvalue weighted by atomic mass is 32.1. The highest BCUT2D eigenvalue weighted by Gasteiger charge is 2.20. The zero-order valence-electron chi connectivity index (χ0n) is 9.12. The van der Waals surface area contributed by atoms with Gasteiger partial charge in [-0.1, -0.05) is 13.8 Å². The topological polar surface area (TPSA) is 12.5 Å². The quantitative estimate of drug-likeness (QED) is 0.704. The van der Waals surface area contributed by atoms with E-state index in [0.29, 0.717) is 0 Å². The Morgan fingerprint density at radius 2 is 2.15 bits per heavy atom. The van der Waals surface area contributed by atoms with Crippen molar-refractivity contribution in [3.05, 3.63) is 0 Å². The molecule has 0 aliphatic carbocycles. The molecule has 0 aromatic rings. The molecule has 1 aliphatic heterocycles. The highest BCUT2D eigenvalue weighted by Crippen LogP contribution is 2.16. The lowest BCUT2D eigenvalue weighted by Gasteiger charge is -2.14. The molecule has 0 bridgehead atoms. The molecule has 80 valence electrons. The molecule has 1 heterocycles. The largest absolute Gasteiger partial charge is 0.383 e. The van der Waals surface area contributed by atoms with Crippen LogP contribution >= 0.6 is 12.6 Å². The number of methoxy groups -OCH3 is 1. The van der Waals surface area contributed by atoms with Crippen LogP contribution in [0.3, 0.4) is 0 Å². The van der Waals surface area contributed by atoms with Crippen LogP contribution in [0.15, 0.2) is 0 Å². The second-order valence-electron chi connectivity index (χ2n) is 3.13. The number of rotatable bonds is 4. The van der Waals surface area contributed by atoms with E-state index in [-0.39, 0.29) is 0 Å². The van der Waals surface area contributed by atoms with Crippen molar-refractivity contribution in [2.45, 2.75) is 20.3 Å². The van der Waals surface area contributed by atoms with Gasteiger partial charge in [-0.3, -0.25) is 0 Å². The Balaban J connectivity index is 0.000000671. The molecule has 1 saturated heterocycles. The summed E-state index contributed by atoms with van der Waals surface area (Å²) in [5.41, 5.74) is 0. The lowest BCUT2D eigenvalue weighted by molar-refractivity contribution is 0.159. The predicted molar refractivity (Wildman–Crippen MR) is 61.6 cm³/mol. The second-order valence-corrected chi connectivity index (χ2v) is 3.50. The van der Waals surface area contributed by atoms with Gasteiger partial charge in [0.05, 0.1) is 6.61 Å². The van der Waals surface area contributed by atoms with Crippen molar-refractivity contribution in [2.24, 2.45) is 5.92 Å². The first-order chi connectivity index (χ1) is 6.36.